The molecule has 142 valence electrons. The molecule has 5 N–H and O–H groups in total. The SMILES string of the molecule is CC(=O)/C(=N/Nc1ccc(C(=O)O)cc1)C(=O)Nc1ccc2[nH]c(=O)[nH]c2c1. The Kier molecular flexibility index (Phi) is 5.03. The molecule has 0 aliphatic carbocycles. The number of hydrogen-bond donors (Lipinski definition) is 5. The number of nitrogens with zero attached hydrogens (tertiary/aromatic N) is 1. The minimum atomic E-state index is -1.07. The summed E-state index contributed by atoms with van der Waals surface area (Å²) in [7, 11) is 0. The van der Waals surface area contributed by atoms with E-state index in [0.717, 1.165) is 0 Å². The second-order valence-corrected chi connectivity index (χ2v) is 5.80. The largest absolute Gasteiger partial charge is 0.478 e. The molecule has 0 saturated carbocycles. The number of rotatable bonds is 6. The lowest BCUT2D eigenvalue weighted by Gasteiger charge is -2.07. The van der Waals surface area contributed by atoms with Crippen LogP contribution in [0.1, 0.15) is 17.3 Å². The first kappa shape index (κ1) is 18.6. The summed E-state index contributed by atoms with van der Waals surface area (Å²) in [6, 6.07) is 10.4. The number of aromatic amines is 2. The second kappa shape index (κ2) is 7.58. The lowest BCUT2D eigenvalue weighted by Crippen LogP contribution is -2.29. The number of benzene rings is 2. The van der Waals surface area contributed by atoms with E-state index in [2.05, 4.69) is 25.8 Å². The molecule has 0 radical (unpaired) electrons. The molecular weight excluding hydrogens is 366 g/mol. The highest BCUT2D eigenvalue weighted by atomic mass is 16.4. The van der Waals surface area contributed by atoms with Crippen LogP contribution in [0, 0.1) is 0 Å². The summed E-state index contributed by atoms with van der Waals surface area (Å²) >= 11 is 0. The number of amides is 1. The fourth-order valence-electron chi connectivity index (χ4n) is 2.40. The lowest BCUT2D eigenvalue weighted by molar-refractivity contribution is -0.114. The normalized spacial score (nSPS) is 11.2. The number of carbonyl (C=O) groups is 3. The molecule has 0 spiro atoms. The summed E-state index contributed by atoms with van der Waals surface area (Å²) in [4.78, 5) is 51.5. The predicted molar refractivity (Wildman–Crippen MR) is 103 cm³/mol. The van der Waals surface area contributed by atoms with E-state index >= 15 is 0 Å². The van der Waals surface area contributed by atoms with Crippen LogP contribution in [0.5, 0.6) is 0 Å². The Morgan fingerprint density at radius 2 is 1.61 bits per heavy atom. The Morgan fingerprint density at radius 1 is 0.964 bits per heavy atom. The third-order valence-electron chi connectivity index (χ3n) is 3.75. The smallest absolute Gasteiger partial charge is 0.335 e. The molecule has 3 rings (SSSR count). The molecule has 1 heterocycles. The van der Waals surface area contributed by atoms with Crippen LogP contribution in [0.2, 0.25) is 0 Å². The molecule has 0 fully saturated rings. The highest BCUT2D eigenvalue weighted by Gasteiger charge is 2.17. The molecule has 1 amide bonds. The van der Waals surface area contributed by atoms with Crippen molar-refractivity contribution in [2.45, 2.75) is 6.92 Å². The van der Waals surface area contributed by atoms with Crippen LogP contribution in [-0.2, 0) is 9.59 Å². The molecule has 0 atom stereocenters. The Hall–Kier alpha value is -4.21. The summed E-state index contributed by atoms with van der Waals surface area (Å²) in [5, 5.41) is 15.2. The van der Waals surface area contributed by atoms with Gasteiger partial charge in [-0.15, -0.1) is 0 Å². The summed E-state index contributed by atoms with van der Waals surface area (Å²) < 4.78 is 0. The molecule has 28 heavy (non-hydrogen) atoms. The van der Waals surface area contributed by atoms with E-state index in [0.29, 0.717) is 22.4 Å². The molecule has 0 bridgehead atoms. The number of ketones is 1. The van der Waals surface area contributed by atoms with Crippen LogP contribution in [0.4, 0.5) is 11.4 Å². The van der Waals surface area contributed by atoms with Crippen LogP contribution >= 0.6 is 0 Å². The van der Waals surface area contributed by atoms with E-state index in [1.54, 1.807) is 18.2 Å². The van der Waals surface area contributed by atoms with E-state index < -0.39 is 17.7 Å². The zero-order chi connectivity index (χ0) is 20.3. The molecule has 0 saturated heterocycles. The molecule has 10 heteroatoms. The van der Waals surface area contributed by atoms with Gasteiger partial charge in [0.15, 0.2) is 11.5 Å². The van der Waals surface area contributed by atoms with Gasteiger partial charge in [0.05, 0.1) is 22.3 Å². The van der Waals surface area contributed by atoms with E-state index in [1.165, 1.54) is 31.2 Å². The van der Waals surface area contributed by atoms with Crippen molar-refractivity contribution in [2.75, 3.05) is 10.7 Å². The number of fused-ring (bicyclic) bond motifs is 1. The number of nitrogens with one attached hydrogen (secondary N) is 4. The van der Waals surface area contributed by atoms with Gasteiger partial charge < -0.3 is 20.4 Å². The topological polar surface area (TPSA) is 157 Å². The number of anilines is 2. The van der Waals surface area contributed by atoms with Gasteiger partial charge >= 0.3 is 11.7 Å². The summed E-state index contributed by atoms with van der Waals surface area (Å²) in [5.41, 5.74) is 3.76. The third-order valence-corrected chi connectivity index (χ3v) is 3.75. The Bertz CT molecular complexity index is 1160. The van der Waals surface area contributed by atoms with Crippen molar-refractivity contribution >= 4 is 45.8 Å². The first-order valence-electron chi connectivity index (χ1n) is 8.05. The first-order chi connectivity index (χ1) is 13.3. The van der Waals surface area contributed by atoms with Gasteiger partial charge in [-0.2, -0.15) is 5.10 Å². The maximum atomic E-state index is 12.4. The fraction of sp³-hybridized carbons (Fsp3) is 0.0556. The monoisotopic (exact) mass is 381 g/mol. The van der Waals surface area contributed by atoms with Crippen molar-refractivity contribution in [3.05, 3.63) is 58.5 Å². The molecule has 0 aliphatic heterocycles. The molecule has 1 aromatic heterocycles. The van der Waals surface area contributed by atoms with Crippen LogP contribution in [0.15, 0.2) is 52.4 Å². The zero-order valence-corrected chi connectivity index (χ0v) is 14.6. The summed E-state index contributed by atoms with van der Waals surface area (Å²) in [6.07, 6.45) is 0. The highest BCUT2D eigenvalue weighted by molar-refractivity contribution is 6.67. The number of Topliss-reactive ketones (excluding diaryl/α,β-unsaturated/α-hetero) is 1. The van der Waals surface area contributed by atoms with Crippen molar-refractivity contribution in [3.8, 4) is 0 Å². The van der Waals surface area contributed by atoms with Gasteiger partial charge in [-0.05, 0) is 42.5 Å². The fourth-order valence-corrected chi connectivity index (χ4v) is 2.40. The average Bonchev–Trinajstić information content (AvgIpc) is 3.01. The number of carboxylic acids is 1. The van der Waals surface area contributed by atoms with Crippen LogP contribution < -0.4 is 16.4 Å². The molecule has 2 aromatic carbocycles. The van der Waals surface area contributed by atoms with Crippen molar-refractivity contribution in [2.24, 2.45) is 5.10 Å². The summed E-state index contributed by atoms with van der Waals surface area (Å²) in [5.74, 6) is -2.37. The number of carboxylic acid groups (broad SMARTS) is 1. The Labute approximate surface area is 157 Å². The van der Waals surface area contributed by atoms with E-state index in [4.69, 9.17) is 5.11 Å². The molecule has 0 unspecified atom stereocenters. The van der Waals surface area contributed by atoms with Crippen LogP contribution in [0.3, 0.4) is 0 Å². The number of carbonyl (C=O) groups excluding carboxylic acids is 2. The van der Waals surface area contributed by atoms with Gasteiger partial charge in [-0.25, -0.2) is 9.59 Å². The van der Waals surface area contributed by atoms with E-state index in [1.807, 2.05) is 0 Å². The minimum absolute atomic E-state index is 0.0947. The summed E-state index contributed by atoms with van der Waals surface area (Å²) in [6.45, 7) is 1.19. The average molecular weight is 381 g/mol. The van der Waals surface area contributed by atoms with Gasteiger partial charge in [0.25, 0.3) is 5.91 Å². The predicted octanol–water partition coefficient (Wildman–Crippen LogP) is 1.55. The van der Waals surface area contributed by atoms with Crippen molar-refractivity contribution < 1.29 is 19.5 Å². The van der Waals surface area contributed by atoms with E-state index in [9.17, 15) is 19.2 Å². The molecule has 3 aromatic rings. The van der Waals surface area contributed by atoms with Crippen LogP contribution in [0.25, 0.3) is 11.0 Å². The van der Waals surface area contributed by atoms with Gasteiger partial charge in [0, 0.05) is 12.6 Å². The molecular formula is C18H15N5O5. The lowest BCUT2D eigenvalue weighted by atomic mass is 10.2. The number of imidazole rings is 1. The number of aromatic carboxylic acids is 1. The zero-order valence-electron chi connectivity index (χ0n) is 14.6. The number of aromatic nitrogens is 2. The molecule has 0 aliphatic rings. The first-order valence-corrected chi connectivity index (χ1v) is 8.05. The Balaban J connectivity index is 1.76. The number of hydrazone groups is 1. The number of hydrogen-bond acceptors (Lipinski definition) is 6. The second-order valence-electron chi connectivity index (χ2n) is 5.80. The van der Waals surface area contributed by atoms with Gasteiger partial charge in [0.1, 0.15) is 0 Å². The van der Waals surface area contributed by atoms with Crippen molar-refractivity contribution in [1.29, 1.82) is 0 Å². The standard InChI is InChI=1S/C18H15N5O5/c1-9(24)15(23-22-11-4-2-10(3-5-11)17(26)27)16(25)19-12-6-7-13-14(8-12)21-18(28)20-13/h2-8,22H,1H3,(H,19,25)(H,26,27)(H2,20,21,28)/b23-15-. The maximum Gasteiger partial charge on any atom is 0.335 e. The van der Waals surface area contributed by atoms with E-state index in [-0.39, 0.29) is 17.0 Å². The quantitative estimate of drug-likeness (QED) is 0.248. The molecule has 10 nitrogen and oxygen atoms in total. The Morgan fingerprint density at radius 3 is 2.25 bits per heavy atom. The minimum Gasteiger partial charge on any atom is -0.478 e. The maximum absolute atomic E-state index is 12.4. The highest BCUT2D eigenvalue weighted by Crippen LogP contribution is 2.15. The number of H-pyrrole nitrogens is 2. The van der Waals surface area contributed by atoms with Crippen molar-refractivity contribution in [3.63, 3.8) is 0 Å². The van der Waals surface area contributed by atoms with Crippen molar-refractivity contribution in [1.82, 2.24) is 9.97 Å². The van der Waals surface area contributed by atoms with Gasteiger partial charge in [-0.1, -0.05) is 0 Å². The van der Waals surface area contributed by atoms with Gasteiger partial charge in [-0.3, -0.25) is 15.0 Å². The van der Waals surface area contributed by atoms with Gasteiger partial charge in [0.2, 0.25) is 0 Å². The third kappa shape index (κ3) is 4.12. The van der Waals surface area contributed by atoms with Crippen LogP contribution in [-0.4, -0.2) is 38.4 Å².